The molecular weight excluding hydrogens is 290 g/mol. The van der Waals surface area contributed by atoms with Gasteiger partial charge in [-0.15, -0.1) is 0 Å². The molecule has 124 valence electrons. The Morgan fingerprint density at radius 3 is 2.65 bits per heavy atom. The van der Waals surface area contributed by atoms with E-state index in [-0.39, 0.29) is 5.69 Å². The lowest BCUT2D eigenvalue weighted by Gasteiger charge is -2.31. The smallest absolute Gasteiger partial charge is 0.297 e. The van der Waals surface area contributed by atoms with Gasteiger partial charge in [0.15, 0.2) is 0 Å². The molecule has 6 nitrogen and oxygen atoms in total. The second-order valence-electron chi connectivity index (χ2n) is 6.19. The van der Waals surface area contributed by atoms with E-state index in [4.69, 9.17) is 0 Å². The monoisotopic (exact) mass is 315 g/mol. The molecular formula is C17H25N5O. The number of aromatic amines is 1. The normalized spacial score (nSPS) is 16.8. The Morgan fingerprint density at radius 1 is 1.26 bits per heavy atom. The van der Waals surface area contributed by atoms with Gasteiger partial charge in [-0.1, -0.05) is 13.0 Å². The fourth-order valence-corrected chi connectivity index (χ4v) is 3.28. The fourth-order valence-electron chi connectivity index (χ4n) is 3.28. The maximum absolute atomic E-state index is 11.7. The van der Waals surface area contributed by atoms with Crippen LogP contribution < -0.4 is 5.69 Å². The lowest BCUT2D eigenvalue weighted by Crippen LogP contribution is -2.34. The number of H-pyrrole nitrogens is 1. The summed E-state index contributed by atoms with van der Waals surface area (Å²) in [5.41, 5.74) is 2.32. The summed E-state index contributed by atoms with van der Waals surface area (Å²) in [7, 11) is 0. The van der Waals surface area contributed by atoms with Crippen molar-refractivity contribution < 1.29 is 0 Å². The van der Waals surface area contributed by atoms with Crippen molar-refractivity contribution in [2.45, 2.75) is 52.1 Å². The van der Waals surface area contributed by atoms with Crippen LogP contribution in [0.25, 0.3) is 0 Å². The zero-order valence-electron chi connectivity index (χ0n) is 14.0. The van der Waals surface area contributed by atoms with E-state index in [2.05, 4.69) is 39.1 Å². The predicted octanol–water partition coefficient (Wildman–Crippen LogP) is 1.93. The summed E-state index contributed by atoms with van der Waals surface area (Å²) in [6, 6.07) is 4.30. The van der Waals surface area contributed by atoms with Gasteiger partial charge in [-0.25, -0.2) is 9.89 Å². The Bertz CT molecular complexity index is 680. The van der Waals surface area contributed by atoms with E-state index in [1.54, 1.807) is 4.57 Å². The molecule has 1 aliphatic heterocycles. The number of nitrogens with one attached hydrogen (secondary N) is 1. The molecule has 1 fully saturated rings. The van der Waals surface area contributed by atoms with Crippen LogP contribution in [-0.2, 0) is 19.5 Å². The van der Waals surface area contributed by atoms with Gasteiger partial charge in [-0.05, 0) is 50.9 Å². The number of nitrogens with zero attached hydrogens (tertiary/aromatic N) is 4. The highest BCUT2D eigenvalue weighted by molar-refractivity contribution is 5.14. The first kappa shape index (κ1) is 15.9. The third-order valence-electron chi connectivity index (χ3n) is 4.74. The van der Waals surface area contributed by atoms with Crippen molar-refractivity contribution in [2.75, 3.05) is 13.1 Å². The third-order valence-corrected chi connectivity index (χ3v) is 4.74. The summed E-state index contributed by atoms with van der Waals surface area (Å²) in [6.07, 6.45) is 5.09. The molecule has 0 atom stereocenters. The van der Waals surface area contributed by atoms with E-state index in [1.165, 1.54) is 5.56 Å². The fraction of sp³-hybridized carbons (Fsp3) is 0.588. The number of likely N-dealkylation sites (tertiary alicyclic amines) is 1. The van der Waals surface area contributed by atoms with E-state index in [0.29, 0.717) is 12.5 Å². The zero-order valence-corrected chi connectivity index (χ0v) is 14.0. The quantitative estimate of drug-likeness (QED) is 0.915. The van der Waals surface area contributed by atoms with Crippen LogP contribution >= 0.6 is 0 Å². The minimum Gasteiger partial charge on any atom is -0.297 e. The molecule has 0 aromatic carbocycles. The van der Waals surface area contributed by atoms with Crippen LogP contribution in [0.1, 0.15) is 49.7 Å². The number of aromatic nitrogens is 4. The Hall–Kier alpha value is -1.95. The maximum atomic E-state index is 11.7. The second kappa shape index (κ2) is 7.08. The summed E-state index contributed by atoms with van der Waals surface area (Å²) in [4.78, 5) is 18.7. The highest BCUT2D eigenvalue weighted by atomic mass is 16.1. The van der Waals surface area contributed by atoms with Crippen LogP contribution in [-0.4, -0.2) is 37.7 Å². The first-order valence-corrected chi connectivity index (χ1v) is 8.52. The minimum atomic E-state index is -0.0925. The topological polar surface area (TPSA) is 66.8 Å². The van der Waals surface area contributed by atoms with Gasteiger partial charge >= 0.3 is 5.69 Å². The van der Waals surface area contributed by atoms with E-state index in [1.807, 2.05) is 13.1 Å². The second-order valence-corrected chi connectivity index (χ2v) is 6.19. The van der Waals surface area contributed by atoms with Gasteiger partial charge in [0.1, 0.15) is 5.82 Å². The van der Waals surface area contributed by atoms with Crippen molar-refractivity contribution in [3.05, 3.63) is 45.9 Å². The maximum Gasteiger partial charge on any atom is 0.343 e. The summed E-state index contributed by atoms with van der Waals surface area (Å²) < 4.78 is 1.76. The molecule has 0 spiro atoms. The molecule has 0 unspecified atom stereocenters. The Morgan fingerprint density at radius 2 is 2.04 bits per heavy atom. The molecule has 1 saturated heterocycles. The van der Waals surface area contributed by atoms with Crippen molar-refractivity contribution in [3.63, 3.8) is 0 Å². The molecule has 3 heterocycles. The molecule has 1 aliphatic rings. The van der Waals surface area contributed by atoms with E-state index in [0.717, 1.165) is 50.4 Å². The predicted molar refractivity (Wildman–Crippen MR) is 89.4 cm³/mol. The summed E-state index contributed by atoms with van der Waals surface area (Å²) >= 11 is 0. The molecule has 2 aromatic rings. The molecule has 0 amide bonds. The lowest BCUT2D eigenvalue weighted by atomic mass is 9.95. The molecule has 0 radical (unpaired) electrons. The first-order chi connectivity index (χ1) is 11.2. The molecule has 23 heavy (non-hydrogen) atoms. The molecule has 0 saturated carbocycles. The van der Waals surface area contributed by atoms with E-state index >= 15 is 0 Å². The van der Waals surface area contributed by atoms with Crippen molar-refractivity contribution in [1.29, 1.82) is 0 Å². The SMILES string of the molecule is CCc1ccc(CN2CCC(c3n[nH]c(=O)n3CC)CC2)nc1. The number of hydrogen-bond donors (Lipinski definition) is 1. The van der Waals surface area contributed by atoms with Gasteiger partial charge in [-0.3, -0.25) is 14.5 Å². The van der Waals surface area contributed by atoms with Gasteiger partial charge in [0, 0.05) is 25.2 Å². The van der Waals surface area contributed by atoms with Crippen LogP contribution in [0.2, 0.25) is 0 Å². The van der Waals surface area contributed by atoms with E-state index < -0.39 is 0 Å². The highest BCUT2D eigenvalue weighted by Gasteiger charge is 2.25. The van der Waals surface area contributed by atoms with Gasteiger partial charge in [0.25, 0.3) is 0 Å². The van der Waals surface area contributed by atoms with Crippen LogP contribution in [0.5, 0.6) is 0 Å². The highest BCUT2D eigenvalue weighted by Crippen LogP contribution is 2.26. The lowest BCUT2D eigenvalue weighted by molar-refractivity contribution is 0.198. The Labute approximate surface area is 136 Å². The number of rotatable bonds is 5. The number of hydrogen-bond acceptors (Lipinski definition) is 4. The zero-order chi connectivity index (χ0) is 16.2. The average molecular weight is 315 g/mol. The minimum absolute atomic E-state index is 0.0925. The van der Waals surface area contributed by atoms with Crippen molar-refractivity contribution >= 4 is 0 Å². The number of piperidine rings is 1. The summed E-state index contributed by atoms with van der Waals surface area (Å²) in [6.45, 7) is 7.75. The van der Waals surface area contributed by atoms with Crippen molar-refractivity contribution in [3.8, 4) is 0 Å². The summed E-state index contributed by atoms with van der Waals surface area (Å²) in [5.74, 6) is 1.29. The van der Waals surface area contributed by atoms with E-state index in [9.17, 15) is 4.79 Å². The largest absolute Gasteiger partial charge is 0.343 e. The van der Waals surface area contributed by atoms with Crippen molar-refractivity contribution in [1.82, 2.24) is 24.6 Å². The molecule has 3 rings (SSSR count). The van der Waals surface area contributed by atoms with Crippen LogP contribution in [0, 0.1) is 0 Å². The first-order valence-electron chi connectivity index (χ1n) is 8.52. The van der Waals surface area contributed by atoms with Crippen LogP contribution in [0.15, 0.2) is 23.1 Å². The molecule has 0 bridgehead atoms. The standard InChI is InChI=1S/C17H25N5O/c1-3-13-5-6-15(18-11-13)12-21-9-7-14(8-10-21)16-19-20-17(23)22(16)4-2/h5-6,11,14H,3-4,7-10,12H2,1-2H3,(H,20,23). The van der Waals surface area contributed by atoms with Crippen molar-refractivity contribution in [2.24, 2.45) is 0 Å². The summed E-state index contributed by atoms with van der Waals surface area (Å²) in [5, 5.41) is 6.81. The van der Waals surface area contributed by atoms with Gasteiger partial charge < -0.3 is 0 Å². The van der Waals surface area contributed by atoms with Gasteiger partial charge in [0.05, 0.1) is 5.69 Å². The molecule has 0 aliphatic carbocycles. The van der Waals surface area contributed by atoms with Gasteiger partial charge in [-0.2, -0.15) is 5.10 Å². The van der Waals surface area contributed by atoms with Crippen LogP contribution in [0.3, 0.4) is 0 Å². The Balaban J connectivity index is 1.58. The molecule has 1 N–H and O–H groups in total. The third kappa shape index (κ3) is 3.52. The molecule has 2 aromatic heterocycles. The average Bonchev–Trinajstić information content (AvgIpc) is 2.97. The van der Waals surface area contributed by atoms with Gasteiger partial charge in [0.2, 0.25) is 0 Å². The Kier molecular flexibility index (Phi) is 4.91. The number of aryl methyl sites for hydroxylation is 1. The molecule has 6 heteroatoms. The van der Waals surface area contributed by atoms with Crippen LogP contribution in [0.4, 0.5) is 0 Å². The number of pyridine rings is 1.